The Hall–Kier alpha value is -1.92. The maximum absolute atomic E-state index is 13.1. The van der Waals surface area contributed by atoms with Gasteiger partial charge in [0.2, 0.25) is 0 Å². The van der Waals surface area contributed by atoms with Crippen molar-refractivity contribution in [3.63, 3.8) is 0 Å². The van der Waals surface area contributed by atoms with Gasteiger partial charge in [0, 0.05) is 40.4 Å². The first-order valence-electron chi connectivity index (χ1n) is 9.83. The fourth-order valence-corrected chi connectivity index (χ4v) is 4.81. The second kappa shape index (κ2) is 8.21. The molecule has 0 radical (unpaired) electrons. The molecular formula is C22H24BrNO4. The van der Waals surface area contributed by atoms with Crippen molar-refractivity contribution >= 4 is 27.7 Å². The van der Waals surface area contributed by atoms with E-state index in [2.05, 4.69) is 21.2 Å². The van der Waals surface area contributed by atoms with Crippen molar-refractivity contribution in [2.75, 3.05) is 13.2 Å². The van der Waals surface area contributed by atoms with Gasteiger partial charge in [-0.1, -0.05) is 34.1 Å². The van der Waals surface area contributed by atoms with Crippen LogP contribution in [0.15, 0.2) is 51.3 Å². The van der Waals surface area contributed by atoms with Gasteiger partial charge in [-0.3, -0.25) is 4.79 Å². The lowest BCUT2D eigenvalue weighted by Gasteiger charge is -2.34. The molecule has 6 heteroatoms. The third kappa shape index (κ3) is 3.67. The van der Waals surface area contributed by atoms with Crippen LogP contribution in [0.1, 0.15) is 50.5 Å². The summed E-state index contributed by atoms with van der Waals surface area (Å²) >= 11 is 3.61. The highest BCUT2D eigenvalue weighted by atomic mass is 79.9. The number of benzene rings is 1. The molecule has 5 nitrogen and oxygen atoms in total. The van der Waals surface area contributed by atoms with Gasteiger partial charge in [-0.15, -0.1) is 0 Å². The number of rotatable bonds is 4. The molecule has 1 aliphatic carbocycles. The van der Waals surface area contributed by atoms with Gasteiger partial charge in [0.1, 0.15) is 6.61 Å². The van der Waals surface area contributed by atoms with Crippen LogP contribution in [0.3, 0.4) is 0 Å². The normalized spacial score (nSPS) is 24.9. The molecule has 1 N–H and O–H groups in total. The van der Waals surface area contributed by atoms with Crippen molar-refractivity contribution in [2.45, 2.75) is 51.0 Å². The van der Waals surface area contributed by atoms with Crippen molar-refractivity contribution in [3.8, 4) is 0 Å². The van der Waals surface area contributed by atoms with Crippen LogP contribution in [0.4, 0.5) is 0 Å². The van der Waals surface area contributed by atoms with Crippen LogP contribution >= 0.6 is 15.9 Å². The van der Waals surface area contributed by atoms with Crippen LogP contribution in [0.2, 0.25) is 0 Å². The summed E-state index contributed by atoms with van der Waals surface area (Å²) in [4.78, 5) is 26.0. The van der Waals surface area contributed by atoms with Crippen LogP contribution in [-0.2, 0) is 19.1 Å². The molecule has 2 atom stereocenters. The molecule has 0 saturated carbocycles. The predicted octanol–water partition coefficient (Wildman–Crippen LogP) is 4.14. The van der Waals surface area contributed by atoms with E-state index in [1.807, 2.05) is 31.2 Å². The first-order valence-corrected chi connectivity index (χ1v) is 10.6. The van der Waals surface area contributed by atoms with E-state index in [0.717, 1.165) is 53.7 Å². The number of ether oxygens (including phenoxy) is 2. The first kappa shape index (κ1) is 19.4. The van der Waals surface area contributed by atoms with Crippen molar-refractivity contribution in [3.05, 3.63) is 56.8 Å². The SMILES string of the molecule is CC1=C(C(=O)OC[C@@H]2CCCO2)[C@@H](c2ccccc2Br)C2=C(CCCC2=O)N1. The average Bonchev–Trinajstić information content (AvgIpc) is 3.19. The van der Waals surface area contributed by atoms with Crippen LogP contribution in [-0.4, -0.2) is 31.1 Å². The molecular weight excluding hydrogens is 422 g/mol. The molecule has 0 amide bonds. The topological polar surface area (TPSA) is 64.6 Å². The summed E-state index contributed by atoms with van der Waals surface area (Å²) < 4.78 is 12.1. The molecule has 0 aromatic heterocycles. The van der Waals surface area contributed by atoms with Crippen molar-refractivity contribution in [1.29, 1.82) is 0 Å². The van der Waals surface area contributed by atoms with Gasteiger partial charge >= 0.3 is 5.97 Å². The molecule has 1 aromatic carbocycles. The Labute approximate surface area is 173 Å². The standard InChI is InChI=1S/C22H24BrNO4/c1-13-19(22(26)28-12-14-6-5-11-27-14)20(15-7-2-3-8-16(15)23)21-17(24-13)9-4-10-18(21)25/h2-3,7-8,14,20,24H,4-6,9-12H2,1H3/t14-,20+/m0/s1. The fourth-order valence-electron chi connectivity index (χ4n) is 4.30. The first-order chi connectivity index (χ1) is 13.6. The number of esters is 1. The number of allylic oxidation sites excluding steroid dienone is 3. The monoisotopic (exact) mass is 445 g/mol. The second-order valence-corrected chi connectivity index (χ2v) is 8.37. The number of carbonyl (C=O) groups is 2. The van der Waals surface area contributed by atoms with Gasteiger partial charge in [-0.05, 0) is 44.2 Å². The van der Waals surface area contributed by atoms with E-state index in [9.17, 15) is 9.59 Å². The zero-order chi connectivity index (χ0) is 19.7. The quantitative estimate of drug-likeness (QED) is 0.705. The molecule has 1 saturated heterocycles. The summed E-state index contributed by atoms with van der Waals surface area (Å²) in [6.45, 7) is 2.85. The lowest BCUT2D eigenvalue weighted by atomic mass is 9.75. The highest BCUT2D eigenvalue weighted by Gasteiger charge is 2.40. The highest BCUT2D eigenvalue weighted by Crippen LogP contribution is 2.44. The molecule has 0 spiro atoms. The van der Waals surface area contributed by atoms with Gasteiger partial charge in [0.15, 0.2) is 5.78 Å². The van der Waals surface area contributed by atoms with Crippen molar-refractivity contribution < 1.29 is 19.1 Å². The molecule has 0 bridgehead atoms. The Kier molecular flexibility index (Phi) is 5.69. The van der Waals surface area contributed by atoms with E-state index in [1.54, 1.807) is 0 Å². The molecule has 1 fully saturated rings. The zero-order valence-corrected chi connectivity index (χ0v) is 17.5. The minimum atomic E-state index is -0.420. The van der Waals surface area contributed by atoms with Crippen molar-refractivity contribution in [2.24, 2.45) is 0 Å². The predicted molar refractivity (Wildman–Crippen MR) is 109 cm³/mol. The molecule has 4 rings (SSSR count). The molecule has 28 heavy (non-hydrogen) atoms. The molecule has 1 aromatic rings. The highest BCUT2D eigenvalue weighted by molar-refractivity contribution is 9.10. The van der Waals surface area contributed by atoms with E-state index >= 15 is 0 Å². The second-order valence-electron chi connectivity index (χ2n) is 7.52. The molecule has 2 heterocycles. The van der Waals surface area contributed by atoms with Gasteiger partial charge in [-0.2, -0.15) is 0 Å². The third-order valence-corrected chi connectivity index (χ3v) is 6.36. The number of hydrogen-bond acceptors (Lipinski definition) is 5. The Bertz CT molecular complexity index is 867. The number of halogens is 1. The minimum absolute atomic E-state index is 0.0330. The number of ketones is 1. The molecule has 148 valence electrons. The summed E-state index contributed by atoms with van der Waals surface area (Å²) in [5.41, 5.74) is 3.82. The number of nitrogens with one attached hydrogen (secondary N) is 1. The lowest BCUT2D eigenvalue weighted by Crippen LogP contribution is -2.35. The van der Waals surface area contributed by atoms with Crippen LogP contribution in [0.5, 0.6) is 0 Å². The minimum Gasteiger partial charge on any atom is -0.459 e. The Morgan fingerprint density at radius 1 is 1.29 bits per heavy atom. The van der Waals surface area contributed by atoms with E-state index < -0.39 is 5.92 Å². The smallest absolute Gasteiger partial charge is 0.336 e. The van der Waals surface area contributed by atoms with E-state index in [0.29, 0.717) is 17.6 Å². The summed E-state index contributed by atoms with van der Waals surface area (Å²) in [7, 11) is 0. The summed E-state index contributed by atoms with van der Waals surface area (Å²) in [5.74, 6) is -0.700. The maximum Gasteiger partial charge on any atom is 0.336 e. The van der Waals surface area contributed by atoms with Gasteiger partial charge in [-0.25, -0.2) is 4.79 Å². The number of hydrogen-bond donors (Lipinski definition) is 1. The number of carbonyl (C=O) groups excluding carboxylic acids is 2. The third-order valence-electron chi connectivity index (χ3n) is 5.64. The van der Waals surface area contributed by atoms with Gasteiger partial charge in [0.05, 0.1) is 11.7 Å². The van der Waals surface area contributed by atoms with Crippen molar-refractivity contribution in [1.82, 2.24) is 5.32 Å². The number of Topliss-reactive ketones (excluding diaryl/α,β-unsaturated/α-hetero) is 1. The Morgan fingerprint density at radius 3 is 2.86 bits per heavy atom. The average molecular weight is 446 g/mol. The fraction of sp³-hybridized carbons (Fsp3) is 0.455. The summed E-state index contributed by atoms with van der Waals surface area (Å²) in [6, 6.07) is 7.77. The molecule has 3 aliphatic rings. The summed E-state index contributed by atoms with van der Waals surface area (Å²) in [5, 5.41) is 3.32. The van der Waals surface area contributed by atoms with Crippen LogP contribution < -0.4 is 5.32 Å². The van der Waals surface area contributed by atoms with Crippen LogP contribution in [0.25, 0.3) is 0 Å². The summed E-state index contributed by atoms with van der Waals surface area (Å²) in [6.07, 6.45) is 4.03. The lowest BCUT2D eigenvalue weighted by molar-refractivity contribution is -0.142. The van der Waals surface area contributed by atoms with E-state index in [4.69, 9.17) is 9.47 Å². The number of dihydropyridines is 1. The Morgan fingerprint density at radius 2 is 2.11 bits per heavy atom. The van der Waals surface area contributed by atoms with Crippen LogP contribution in [0, 0.1) is 0 Å². The van der Waals surface area contributed by atoms with E-state index in [-0.39, 0.29) is 24.5 Å². The zero-order valence-electron chi connectivity index (χ0n) is 15.9. The Balaban J connectivity index is 1.71. The van der Waals surface area contributed by atoms with E-state index in [1.165, 1.54) is 0 Å². The molecule has 2 aliphatic heterocycles. The van der Waals surface area contributed by atoms with Gasteiger partial charge in [0.25, 0.3) is 0 Å². The molecule has 0 unspecified atom stereocenters. The largest absolute Gasteiger partial charge is 0.459 e. The van der Waals surface area contributed by atoms with Gasteiger partial charge < -0.3 is 14.8 Å². The maximum atomic E-state index is 13.1.